The highest BCUT2D eigenvalue weighted by Gasteiger charge is 2.18. The zero-order valence-electron chi connectivity index (χ0n) is 15.1. The molecule has 0 aliphatic heterocycles. The van der Waals surface area contributed by atoms with Crippen LogP contribution in [0, 0.1) is 11.8 Å². The second-order valence-electron chi connectivity index (χ2n) is 6.67. The molecule has 0 aromatic heterocycles. The van der Waals surface area contributed by atoms with E-state index in [0.29, 0.717) is 25.0 Å². The number of hydrogen-bond acceptors (Lipinski definition) is 3. The Balaban J connectivity index is 2.62. The Morgan fingerprint density at radius 1 is 1.09 bits per heavy atom. The molecule has 130 valence electrons. The molecule has 1 aromatic carbocycles. The van der Waals surface area contributed by atoms with Crippen molar-refractivity contribution in [3.63, 3.8) is 0 Å². The van der Waals surface area contributed by atoms with E-state index in [2.05, 4.69) is 57.3 Å². The average Bonchev–Trinajstić information content (AvgIpc) is 2.49. The highest BCUT2D eigenvalue weighted by molar-refractivity contribution is 5.77. The minimum absolute atomic E-state index is 0.00150. The summed E-state index contributed by atoms with van der Waals surface area (Å²) in [5.41, 5.74) is 2.47. The summed E-state index contributed by atoms with van der Waals surface area (Å²) in [6.07, 6.45) is 1.08. The van der Waals surface area contributed by atoms with E-state index in [9.17, 15) is 4.79 Å². The van der Waals surface area contributed by atoms with E-state index in [4.69, 9.17) is 9.47 Å². The first-order valence-corrected chi connectivity index (χ1v) is 8.39. The summed E-state index contributed by atoms with van der Waals surface area (Å²) in [5, 5.41) is 3.07. The average molecular weight is 321 g/mol. The van der Waals surface area contributed by atoms with Gasteiger partial charge in [-0.25, -0.2) is 0 Å². The first-order chi connectivity index (χ1) is 10.9. The van der Waals surface area contributed by atoms with E-state index in [1.54, 1.807) is 7.11 Å². The maximum Gasteiger partial charge on any atom is 0.246 e. The molecule has 1 atom stereocenters. The van der Waals surface area contributed by atoms with Gasteiger partial charge in [0.2, 0.25) is 5.91 Å². The van der Waals surface area contributed by atoms with Crippen LogP contribution in [-0.2, 0) is 20.7 Å². The van der Waals surface area contributed by atoms with Crippen LogP contribution in [0.15, 0.2) is 24.3 Å². The van der Waals surface area contributed by atoms with Crippen LogP contribution in [0.5, 0.6) is 0 Å². The Morgan fingerprint density at radius 2 is 1.74 bits per heavy atom. The van der Waals surface area contributed by atoms with E-state index in [1.807, 2.05) is 0 Å². The van der Waals surface area contributed by atoms with Crippen molar-refractivity contribution in [2.45, 2.75) is 40.2 Å². The fourth-order valence-electron chi connectivity index (χ4n) is 2.49. The van der Waals surface area contributed by atoms with E-state index in [0.717, 1.165) is 12.0 Å². The molecule has 1 amide bonds. The van der Waals surface area contributed by atoms with Crippen molar-refractivity contribution < 1.29 is 14.3 Å². The molecule has 0 radical (unpaired) electrons. The van der Waals surface area contributed by atoms with Crippen molar-refractivity contribution in [3.8, 4) is 0 Å². The normalized spacial score (nSPS) is 12.7. The number of methoxy groups -OCH3 is 1. The number of benzene rings is 1. The fourth-order valence-corrected chi connectivity index (χ4v) is 2.49. The van der Waals surface area contributed by atoms with Crippen LogP contribution in [0.4, 0.5) is 0 Å². The number of nitrogens with one attached hydrogen (secondary N) is 1. The Labute approximate surface area is 140 Å². The second kappa shape index (κ2) is 10.4. The van der Waals surface area contributed by atoms with Crippen LogP contribution in [-0.4, -0.2) is 32.8 Å². The summed E-state index contributed by atoms with van der Waals surface area (Å²) in [5.74, 6) is 0.866. The summed E-state index contributed by atoms with van der Waals surface area (Å²) in [6.45, 7) is 9.65. The Bertz CT molecular complexity index is 454. The molecule has 0 bridgehead atoms. The molecule has 4 nitrogen and oxygen atoms in total. The van der Waals surface area contributed by atoms with Crippen LogP contribution in [0.25, 0.3) is 0 Å². The number of rotatable bonds is 10. The number of carbonyl (C=O) groups excluding carboxylic acids is 1. The summed E-state index contributed by atoms with van der Waals surface area (Å²) >= 11 is 0. The summed E-state index contributed by atoms with van der Waals surface area (Å²) in [6, 6.07) is 8.56. The van der Waals surface area contributed by atoms with Gasteiger partial charge in [-0.3, -0.25) is 4.79 Å². The first kappa shape index (κ1) is 19.7. The van der Waals surface area contributed by atoms with Crippen LogP contribution < -0.4 is 5.32 Å². The minimum atomic E-state index is -0.0916. The van der Waals surface area contributed by atoms with Gasteiger partial charge >= 0.3 is 0 Å². The molecule has 1 N–H and O–H groups in total. The zero-order valence-corrected chi connectivity index (χ0v) is 15.1. The lowest BCUT2D eigenvalue weighted by Gasteiger charge is -2.23. The standard InChI is InChI=1S/C19H31NO3/c1-14(2)12-16-6-8-17(9-7-16)19(15(3)4)20-18(21)13-23-11-10-22-5/h6-9,14-15,19H,10-13H2,1-5H3,(H,20,21). The predicted molar refractivity (Wildman–Crippen MR) is 93.4 cm³/mol. The number of hydrogen-bond donors (Lipinski definition) is 1. The van der Waals surface area contributed by atoms with E-state index in [1.165, 1.54) is 5.56 Å². The Kier molecular flexibility index (Phi) is 8.89. The topological polar surface area (TPSA) is 47.6 Å². The molecule has 0 spiro atoms. The van der Waals surface area contributed by atoms with Crippen LogP contribution in [0.3, 0.4) is 0 Å². The third-order valence-corrected chi connectivity index (χ3v) is 3.63. The molecule has 23 heavy (non-hydrogen) atoms. The smallest absolute Gasteiger partial charge is 0.246 e. The fraction of sp³-hybridized carbons (Fsp3) is 0.632. The summed E-state index contributed by atoms with van der Waals surface area (Å²) < 4.78 is 10.2. The third-order valence-electron chi connectivity index (χ3n) is 3.63. The van der Waals surface area contributed by atoms with Crippen LogP contribution >= 0.6 is 0 Å². The van der Waals surface area contributed by atoms with Crippen molar-refractivity contribution in [3.05, 3.63) is 35.4 Å². The second-order valence-corrected chi connectivity index (χ2v) is 6.67. The molecule has 0 saturated carbocycles. The monoisotopic (exact) mass is 321 g/mol. The van der Waals surface area contributed by atoms with Gasteiger partial charge in [-0.05, 0) is 29.4 Å². The third kappa shape index (κ3) is 7.62. The summed E-state index contributed by atoms with van der Waals surface area (Å²) in [4.78, 5) is 12.0. The number of amides is 1. The predicted octanol–water partition coefficient (Wildman–Crippen LogP) is 3.36. The highest BCUT2D eigenvalue weighted by atomic mass is 16.5. The van der Waals surface area contributed by atoms with Crippen molar-refractivity contribution >= 4 is 5.91 Å². The SMILES string of the molecule is COCCOCC(=O)NC(c1ccc(CC(C)C)cc1)C(C)C. The zero-order chi connectivity index (χ0) is 17.2. The molecule has 0 aliphatic carbocycles. The van der Waals surface area contributed by atoms with Crippen molar-refractivity contribution in [2.24, 2.45) is 11.8 Å². The number of carbonyl (C=O) groups is 1. The van der Waals surface area contributed by atoms with Crippen LogP contribution in [0.2, 0.25) is 0 Å². The van der Waals surface area contributed by atoms with Crippen molar-refractivity contribution in [1.29, 1.82) is 0 Å². The van der Waals surface area contributed by atoms with E-state index >= 15 is 0 Å². The molecule has 0 fully saturated rings. The molecule has 1 unspecified atom stereocenters. The molecular weight excluding hydrogens is 290 g/mol. The lowest BCUT2D eigenvalue weighted by Crippen LogP contribution is -2.34. The van der Waals surface area contributed by atoms with Gasteiger partial charge in [0.25, 0.3) is 0 Å². The lowest BCUT2D eigenvalue weighted by atomic mass is 9.93. The Hall–Kier alpha value is -1.39. The molecule has 0 saturated heterocycles. The van der Waals surface area contributed by atoms with E-state index < -0.39 is 0 Å². The van der Waals surface area contributed by atoms with Crippen molar-refractivity contribution in [2.75, 3.05) is 26.9 Å². The molecule has 1 rings (SSSR count). The van der Waals surface area contributed by atoms with Gasteiger partial charge in [-0.2, -0.15) is 0 Å². The van der Waals surface area contributed by atoms with Gasteiger partial charge in [0.05, 0.1) is 19.3 Å². The van der Waals surface area contributed by atoms with Gasteiger partial charge < -0.3 is 14.8 Å². The maximum absolute atomic E-state index is 12.0. The first-order valence-electron chi connectivity index (χ1n) is 8.39. The van der Waals surface area contributed by atoms with Gasteiger partial charge in [0.15, 0.2) is 0 Å². The molecule has 0 aliphatic rings. The quantitative estimate of drug-likeness (QED) is 0.672. The molecule has 1 aromatic rings. The highest BCUT2D eigenvalue weighted by Crippen LogP contribution is 2.22. The van der Waals surface area contributed by atoms with E-state index in [-0.39, 0.29) is 18.6 Å². The Morgan fingerprint density at radius 3 is 2.26 bits per heavy atom. The minimum Gasteiger partial charge on any atom is -0.382 e. The van der Waals surface area contributed by atoms with Gasteiger partial charge in [-0.15, -0.1) is 0 Å². The maximum atomic E-state index is 12.0. The van der Waals surface area contributed by atoms with Gasteiger partial charge in [0, 0.05) is 7.11 Å². The van der Waals surface area contributed by atoms with Gasteiger partial charge in [-0.1, -0.05) is 52.0 Å². The lowest BCUT2D eigenvalue weighted by molar-refractivity contribution is -0.127. The van der Waals surface area contributed by atoms with Crippen LogP contribution in [0.1, 0.15) is 44.9 Å². The van der Waals surface area contributed by atoms with Gasteiger partial charge in [0.1, 0.15) is 6.61 Å². The molecular formula is C19H31NO3. The largest absolute Gasteiger partial charge is 0.382 e. The van der Waals surface area contributed by atoms with Crippen molar-refractivity contribution in [1.82, 2.24) is 5.32 Å². The summed E-state index contributed by atoms with van der Waals surface area (Å²) in [7, 11) is 1.61. The number of ether oxygens (including phenoxy) is 2. The molecule has 0 heterocycles. The molecule has 4 heteroatoms.